The zero-order chi connectivity index (χ0) is 13.7. The Balaban J connectivity index is 2.54. The van der Waals surface area contributed by atoms with Crippen LogP contribution >= 0.6 is 0 Å². The maximum atomic E-state index is 9.29. The van der Waals surface area contributed by atoms with E-state index in [1.165, 1.54) is 0 Å². The molecule has 2 rings (SSSR count). The van der Waals surface area contributed by atoms with Crippen LogP contribution in [0.1, 0.15) is 18.9 Å². The second kappa shape index (κ2) is 6.01. The summed E-state index contributed by atoms with van der Waals surface area (Å²) in [5.41, 5.74) is 1.53. The molecule has 3 nitrogen and oxygen atoms in total. The molecule has 0 saturated heterocycles. The average molecular weight is 251 g/mol. The Morgan fingerprint density at radius 3 is 2.89 bits per heavy atom. The molecule has 0 aliphatic rings. The van der Waals surface area contributed by atoms with E-state index in [0.717, 1.165) is 36.2 Å². The van der Waals surface area contributed by atoms with Gasteiger partial charge in [-0.2, -0.15) is 5.26 Å². The maximum Gasteiger partial charge on any atom is 0.130 e. The SMILES string of the molecule is C=CCN(CCC)c1cc(C#N)c2ccccc2n1. The number of rotatable bonds is 5. The van der Waals surface area contributed by atoms with Crippen molar-refractivity contribution < 1.29 is 0 Å². The van der Waals surface area contributed by atoms with Crippen molar-refractivity contribution in [2.75, 3.05) is 18.0 Å². The molecule has 0 N–H and O–H groups in total. The van der Waals surface area contributed by atoms with Gasteiger partial charge in [0.25, 0.3) is 0 Å². The first-order chi connectivity index (χ1) is 9.30. The van der Waals surface area contributed by atoms with Crippen LogP contribution in [0.3, 0.4) is 0 Å². The minimum atomic E-state index is 0.672. The molecule has 1 aromatic carbocycles. The van der Waals surface area contributed by atoms with Crippen LogP contribution in [0.15, 0.2) is 43.0 Å². The third-order valence-electron chi connectivity index (χ3n) is 2.99. The Labute approximate surface area is 113 Å². The van der Waals surface area contributed by atoms with Crippen LogP contribution in [0.5, 0.6) is 0 Å². The van der Waals surface area contributed by atoms with Gasteiger partial charge in [-0.3, -0.25) is 0 Å². The predicted octanol–water partition coefficient (Wildman–Crippen LogP) is 3.51. The number of pyridine rings is 1. The summed E-state index contributed by atoms with van der Waals surface area (Å²) in [5.74, 6) is 0.844. The van der Waals surface area contributed by atoms with Crippen LogP contribution in [0.2, 0.25) is 0 Å². The Bertz CT molecular complexity index is 625. The molecule has 0 atom stereocenters. The number of aromatic nitrogens is 1. The lowest BCUT2D eigenvalue weighted by Gasteiger charge is -2.22. The Hall–Kier alpha value is -2.34. The minimum absolute atomic E-state index is 0.672. The fraction of sp³-hybridized carbons (Fsp3) is 0.250. The summed E-state index contributed by atoms with van der Waals surface area (Å²) >= 11 is 0. The second-order valence-electron chi connectivity index (χ2n) is 4.39. The van der Waals surface area contributed by atoms with Gasteiger partial charge in [0, 0.05) is 18.5 Å². The maximum absolute atomic E-state index is 9.29. The second-order valence-corrected chi connectivity index (χ2v) is 4.39. The lowest BCUT2D eigenvalue weighted by Crippen LogP contribution is -2.25. The van der Waals surface area contributed by atoms with Crippen molar-refractivity contribution in [2.24, 2.45) is 0 Å². The molecule has 19 heavy (non-hydrogen) atoms. The Morgan fingerprint density at radius 2 is 2.21 bits per heavy atom. The van der Waals surface area contributed by atoms with Crippen molar-refractivity contribution in [1.82, 2.24) is 4.98 Å². The standard InChI is InChI=1S/C16H17N3/c1-3-9-19(10-4-2)16-11-13(12-17)14-7-5-6-8-15(14)18-16/h3,5-8,11H,1,4,9-10H2,2H3. The van der Waals surface area contributed by atoms with Gasteiger partial charge >= 0.3 is 0 Å². The van der Waals surface area contributed by atoms with Gasteiger partial charge in [0.05, 0.1) is 17.1 Å². The molecule has 0 spiro atoms. The van der Waals surface area contributed by atoms with Crippen molar-refractivity contribution in [1.29, 1.82) is 5.26 Å². The van der Waals surface area contributed by atoms with Crippen molar-refractivity contribution in [3.8, 4) is 6.07 Å². The monoisotopic (exact) mass is 251 g/mol. The van der Waals surface area contributed by atoms with Gasteiger partial charge in [-0.25, -0.2) is 4.98 Å². The summed E-state index contributed by atoms with van der Waals surface area (Å²) in [6.45, 7) is 7.55. The first kappa shape index (κ1) is 13.1. The van der Waals surface area contributed by atoms with Crippen molar-refractivity contribution in [3.63, 3.8) is 0 Å². The van der Waals surface area contributed by atoms with Crippen LogP contribution in [-0.4, -0.2) is 18.1 Å². The first-order valence-corrected chi connectivity index (χ1v) is 6.46. The van der Waals surface area contributed by atoms with E-state index >= 15 is 0 Å². The van der Waals surface area contributed by atoms with Crippen LogP contribution in [-0.2, 0) is 0 Å². The van der Waals surface area contributed by atoms with Gasteiger partial charge in [0.2, 0.25) is 0 Å². The summed E-state index contributed by atoms with van der Waals surface area (Å²) in [6.07, 6.45) is 2.89. The highest BCUT2D eigenvalue weighted by Gasteiger charge is 2.10. The predicted molar refractivity (Wildman–Crippen MR) is 79.2 cm³/mol. The molecular formula is C16H17N3. The van der Waals surface area contributed by atoms with E-state index in [2.05, 4.69) is 29.5 Å². The number of para-hydroxylation sites is 1. The molecule has 0 aliphatic carbocycles. The van der Waals surface area contributed by atoms with E-state index in [1.807, 2.05) is 36.4 Å². The van der Waals surface area contributed by atoms with E-state index in [-0.39, 0.29) is 0 Å². The summed E-state index contributed by atoms with van der Waals surface area (Å²) in [6, 6.07) is 11.9. The third-order valence-corrected chi connectivity index (χ3v) is 2.99. The molecule has 0 unspecified atom stereocenters. The summed E-state index contributed by atoms with van der Waals surface area (Å²) in [5, 5.41) is 10.2. The number of benzene rings is 1. The summed E-state index contributed by atoms with van der Waals surface area (Å²) < 4.78 is 0. The average Bonchev–Trinajstić information content (AvgIpc) is 2.46. The van der Waals surface area contributed by atoms with Crippen LogP contribution in [0.25, 0.3) is 10.9 Å². The van der Waals surface area contributed by atoms with E-state index in [1.54, 1.807) is 0 Å². The Kier molecular flexibility index (Phi) is 4.15. The minimum Gasteiger partial charge on any atom is -0.353 e. The molecule has 3 heteroatoms. The quantitative estimate of drug-likeness (QED) is 0.763. The first-order valence-electron chi connectivity index (χ1n) is 6.46. The Morgan fingerprint density at radius 1 is 1.42 bits per heavy atom. The molecule has 0 fully saturated rings. The van der Waals surface area contributed by atoms with Crippen molar-refractivity contribution in [2.45, 2.75) is 13.3 Å². The zero-order valence-corrected chi connectivity index (χ0v) is 11.1. The molecule has 0 aliphatic heterocycles. The van der Waals surface area contributed by atoms with Crippen LogP contribution in [0, 0.1) is 11.3 Å². The molecule has 0 bridgehead atoms. The number of anilines is 1. The fourth-order valence-corrected chi connectivity index (χ4v) is 2.14. The molecule has 1 aromatic heterocycles. The van der Waals surface area contributed by atoms with Gasteiger partial charge in [-0.05, 0) is 18.6 Å². The van der Waals surface area contributed by atoms with Gasteiger partial charge in [0.1, 0.15) is 5.82 Å². The van der Waals surface area contributed by atoms with E-state index in [4.69, 9.17) is 0 Å². The largest absolute Gasteiger partial charge is 0.353 e. The van der Waals surface area contributed by atoms with Crippen molar-refractivity contribution >= 4 is 16.7 Å². The van der Waals surface area contributed by atoms with Gasteiger partial charge < -0.3 is 4.90 Å². The van der Waals surface area contributed by atoms with Crippen LogP contribution in [0.4, 0.5) is 5.82 Å². The van der Waals surface area contributed by atoms with E-state index in [9.17, 15) is 5.26 Å². The molecule has 1 heterocycles. The number of nitrogens with zero attached hydrogens (tertiary/aromatic N) is 3. The third kappa shape index (κ3) is 2.74. The van der Waals surface area contributed by atoms with E-state index in [0.29, 0.717) is 5.56 Å². The molecule has 0 radical (unpaired) electrons. The highest BCUT2D eigenvalue weighted by molar-refractivity contribution is 5.86. The number of hydrogen-bond acceptors (Lipinski definition) is 3. The lowest BCUT2D eigenvalue weighted by atomic mass is 10.1. The van der Waals surface area contributed by atoms with Gasteiger partial charge in [-0.1, -0.05) is 31.2 Å². The molecule has 96 valence electrons. The highest BCUT2D eigenvalue weighted by atomic mass is 15.2. The molecule has 2 aromatic rings. The number of fused-ring (bicyclic) bond motifs is 1. The number of nitriles is 1. The number of hydrogen-bond donors (Lipinski definition) is 0. The summed E-state index contributed by atoms with van der Waals surface area (Å²) in [7, 11) is 0. The summed E-state index contributed by atoms with van der Waals surface area (Å²) in [4.78, 5) is 6.79. The molecule has 0 saturated carbocycles. The molecule has 0 amide bonds. The lowest BCUT2D eigenvalue weighted by molar-refractivity contribution is 0.805. The smallest absolute Gasteiger partial charge is 0.130 e. The van der Waals surface area contributed by atoms with Gasteiger partial charge in [-0.15, -0.1) is 6.58 Å². The van der Waals surface area contributed by atoms with E-state index < -0.39 is 0 Å². The molecular weight excluding hydrogens is 234 g/mol. The van der Waals surface area contributed by atoms with Gasteiger partial charge in [0.15, 0.2) is 0 Å². The zero-order valence-electron chi connectivity index (χ0n) is 11.1. The topological polar surface area (TPSA) is 39.9 Å². The van der Waals surface area contributed by atoms with Crippen molar-refractivity contribution in [3.05, 3.63) is 48.6 Å². The highest BCUT2D eigenvalue weighted by Crippen LogP contribution is 2.22. The fourth-order valence-electron chi connectivity index (χ4n) is 2.14. The van der Waals surface area contributed by atoms with Crippen LogP contribution < -0.4 is 4.90 Å². The normalized spacial score (nSPS) is 10.1.